The molecule has 1 unspecified atom stereocenters. The molecule has 0 bridgehead atoms. The van der Waals surface area contributed by atoms with Crippen molar-refractivity contribution in [2.75, 3.05) is 20.0 Å². The van der Waals surface area contributed by atoms with Crippen molar-refractivity contribution in [3.05, 3.63) is 82.6 Å². The van der Waals surface area contributed by atoms with E-state index in [1.165, 1.54) is 30.9 Å². The Morgan fingerprint density at radius 3 is 2.51 bits per heavy atom. The summed E-state index contributed by atoms with van der Waals surface area (Å²) in [5.41, 5.74) is 1.53. The molecule has 3 aromatic carbocycles. The first-order valence-electron chi connectivity index (χ1n) is 10.9. The number of rotatable bonds is 8. The maximum absolute atomic E-state index is 13.5. The summed E-state index contributed by atoms with van der Waals surface area (Å²) in [6, 6.07) is 19.0. The number of phenolic OH excluding ortho intramolecular Hbond substituents is 1. The predicted molar refractivity (Wildman–Crippen MR) is 136 cm³/mol. The first kappa shape index (κ1) is 24.2. The topological polar surface area (TPSA) is 103 Å². The monoisotopic (exact) mass is 491 g/mol. The molecule has 1 atom stereocenters. The zero-order valence-corrected chi connectivity index (χ0v) is 20.3. The van der Waals surface area contributed by atoms with Crippen LogP contribution in [0.2, 0.25) is 0 Å². The first-order valence-corrected chi connectivity index (χ1v) is 11.8. The lowest BCUT2D eigenvalue weighted by molar-refractivity contribution is -0.119. The van der Waals surface area contributed by atoms with E-state index in [1.807, 2.05) is 37.3 Å². The highest BCUT2D eigenvalue weighted by Crippen LogP contribution is 2.31. The van der Waals surface area contributed by atoms with Crippen molar-refractivity contribution in [2.45, 2.75) is 18.1 Å². The molecule has 0 saturated heterocycles. The van der Waals surface area contributed by atoms with Gasteiger partial charge in [-0.1, -0.05) is 42.1 Å². The third-order valence-electron chi connectivity index (χ3n) is 5.46. The molecule has 1 heterocycles. The molecule has 9 heteroatoms. The number of fused-ring (bicyclic) bond motifs is 1. The summed E-state index contributed by atoms with van der Waals surface area (Å²) >= 11 is 1.15. The van der Waals surface area contributed by atoms with Crippen molar-refractivity contribution in [1.82, 2.24) is 14.9 Å². The van der Waals surface area contributed by atoms with Crippen molar-refractivity contribution in [2.24, 2.45) is 0 Å². The van der Waals surface area contributed by atoms with Crippen LogP contribution < -0.4 is 20.3 Å². The second kappa shape index (κ2) is 10.5. The molecule has 0 aliphatic heterocycles. The van der Waals surface area contributed by atoms with Gasteiger partial charge in [-0.05, 0) is 42.8 Å². The molecule has 2 N–H and O–H groups in total. The zero-order chi connectivity index (χ0) is 24.9. The van der Waals surface area contributed by atoms with E-state index in [-0.39, 0.29) is 34.4 Å². The minimum atomic E-state index is -0.376. The van der Waals surface area contributed by atoms with Crippen LogP contribution in [-0.2, 0) is 4.79 Å². The SMILES string of the molecule is COc1ccc(-n2c(SCC(=O)NC(C)c3ccccc3)nc3ccc(O)cc3c2=O)cc1OC. The lowest BCUT2D eigenvalue weighted by atomic mass is 10.1. The highest BCUT2D eigenvalue weighted by Gasteiger charge is 2.18. The van der Waals surface area contributed by atoms with Crippen molar-refractivity contribution in [3.8, 4) is 22.9 Å². The first-order chi connectivity index (χ1) is 16.9. The van der Waals surface area contributed by atoms with E-state index in [9.17, 15) is 14.7 Å². The number of ether oxygens (including phenoxy) is 2. The summed E-state index contributed by atoms with van der Waals surface area (Å²) in [4.78, 5) is 30.8. The molecule has 4 rings (SSSR count). The molecular formula is C26H25N3O5S. The van der Waals surface area contributed by atoms with E-state index in [1.54, 1.807) is 24.3 Å². The van der Waals surface area contributed by atoms with Crippen molar-refractivity contribution in [1.29, 1.82) is 0 Å². The fraction of sp³-hybridized carbons (Fsp3) is 0.192. The Morgan fingerprint density at radius 2 is 1.80 bits per heavy atom. The molecule has 0 spiro atoms. The van der Waals surface area contributed by atoms with Crippen LogP contribution in [0, 0.1) is 0 Å². The zero-order valence-electron chi connectivity index (χ0n) is 19.5. The smallest absolute Gasteiger partial charge is 0.266 e. The lowest BCUT2D eigenvalue weighted by Gasteiger charge is -2.16. The average molecular weight is 492 g/mol. The van der Waals surface area contributed by atoms with E-state index in [2.05, 4.69) is 10.3 Å². The molecule has 0 fully saturated rings. The fourth-order valence-electron chi connectivity index (χ4n) is 3.68. The summed E-state index contributed by atoms with van der Waals surface area (Å²) in [5.74, 6) is 0.785. The average Bonchev–Trinajstić information content (AvgIpc) is 2.88. The van der Waals surface area contributed by atoms with Gasteiger partial charge in [-0.25, -0.2) is 4.98 Å². The number of thioether (sulfide) groups is 1. The summed E-state index contributed by atoms with van der Waals surface area (Å²) in [6.07, 6.45) is 0. The Bertz CT molecular complexity index is 1420. The second-order valence-electron chi connectivity index (χ2n) is 7.76. The molecule has 180 valence electrons. The van der Waals surface area contributed by atoms with Gasteiger partial charge in [0, 0.05) is 6.07 Å². The summed E-state index contributed by atoms with van der Waals surface area (Å²) < 4.78 is 12.1. The number of phenols is 1. The van der Waals surface area contributed by atoms with Gasteiger partial charge in [0.15, 0.2) is 16.7 Å². The van der Waals surface area contributed by atoms with Crippen LogP contribution in [0.1, 0.15) is 18.5 Å². The fourth-order valence-corrected chi connectivity index (χ4v) is 4.50. The normalized spacial score (nSPS) is 11.7. The summed E-state index contributed by atoms with van der Waals surface area (Å²) in [7, 11) is 3.04. The molecule has 4 aromatic rings. The number of nitrogens with one attached hydrogen (secondary N) is 1. The molecule has 1 amide bonds. The molecule has 35 heavy (non-hydrogen) atoms. The third-order valence-corrected chi connectivity index (χ3v) is 6.39. The van der Waals surface area contributed by atoms with Gasteiger partial charge >= 0.3 is 0 Å². The Labute approximate surface area is 206 Å². The number of amides is 1. The number of benzene rings is 3. The molecule has 1 aromatic heterocycles. The number of hydrogen-bond donors (Lipinski definition) is 2. The number of carbonyl (C=O) groups excluding carboxylic acids is 1. The van der Waals surface area contributed by atoms with Gasteiger partial charge in [0.1, 0.15) is 5.75 Å². The molecule has 0 radical (unpaired) electrons. The number of carbonyl (C=O) groups is 1. The highest BCUT2D eigenvalue weighted by molar-refractivity contribution is 7.99. The van der Waals surface area contributed by atoms with Crippen LogP contribution in [0.4, 0.5) is 0 Å². The second-order valence-corrected chi connectivity index (χ2v) is 8.71. The number of nitrogens with zero attached hydrogens (tertiary/aromatic N) is 2. The minimum absolute atomic E-state index is 0.0371. The van der Waals surface area contributed by atoms with Crippen LogP contribution >= 0.6 is 11.8 Å². The van der Waals surface area contributed by atoms with Gasteiger partial charge in [-0.3, -0.25) is 14.2 Å². The molecular weight excluding hydrogens is 466 g/mol. The lowest BCUT2D eigenvalue weighted by Crippen LogP contribution is -2.29. The summed E-state index contributed by atoms with van der Waals surface area (Å²) in [6.45, 7) is 1.91. The third kappa shape index (κ3) is 5.25. The van der Waals surface area contributed by atoms with E-state index in [0.29, 0.717) is 27.9 Å². The van der Waals surface area contributed by atoms with Gasteiger partial charge in [0.25, 0.3) is 5.56 Å². The molecule has 0 saturated carbocycles. The highest BCUT2D eigenvalue weighted by atomic mass is 32.2. The Kier molecular flexibility index (Phi) is 7.26. The standard InChI is InChI=1S/C26H25N3O5S/c1-16(17-7-5-4-6-8-17)27-24(31)15-35-26-28-21-11-10-19(30)14-20(21)25(32)29(26)18-9-12-22(33-2)23(13-18)34-3/h4-14,16,30H,15H2,1-3H3,(H,27,31). The van der Waals surface area contributed by atoms with Crippen molar-refractivity contribution >= 4 is 28.6 Å². The Hall–Kier alpha value is -3.98. The van der Waals surface area contributed by atoms with Crippen LogP contribution in [-0.4, -0.2) is 40.5 Å². The van der Waals surface area contributed by atoms with Crippen molar-refractivity contribution in [3.63, 3.8) is 0 Å². The van der Waals surface area contributed by atoms with Crippen LogP contribution in [0.15, 0.2) is 76.7 Å². The largest absolute Gasteiger partial charge is 0.508 e. The van der Waals surface area contributed by atoms with Crippen molar-refractivity contribution < 1.29 is 19.4 Å². The number of hydrogen-bond acceptors (Lipinski definition) is 7. The predicted octanol–water partition coefficient (Wildman–Crippen LogP) is 4.08. The van der Waals surface area contributed by atoms with Crippen LogP contribution in [0.25, 0.3) is 16.6 Å². The minimum Gasteiger partial charge on any atom is -0.508 e. The quantitative estimate of drug-likeness (QED) is 0.283. The number of aromatic hydroxyl groups is 1. The molecule has 0 aliphatic carbocycles. The van der Waals surface area contributed by atoms with E-state index < -0.39 is 0 Å². The van der Waals surface area contributed by atoms with Gasteiger partial charge in [0.2, 0.25) is 5.91 Å². The number of methoxy groups -OCH3 is 2. The van der Waals surface area contributed by atoms with Crippen LogP contribution in [0.5, 0.6) is 17.2 Å². The number of aromatic nitrogens is 2. The van der Waals surface area contributed by atoms with E-state index in [4.69, 9.17) is 9.47 Å². The molecule has 8 nitrogen and oxygen atoms in total. The van der Waals surface area contributed by atoms with Gasteiger partial charge in [-0.15, -0.1) is 0 Å². The van der Waals surface area contributed by atoms with E-state index in [0.717, 1.165) is 17.3 Å². The van der Waals surface area contributed by atoms with Gasteiger partial charge in [0.05, 0.1) is 42.6 Å². The summed E-state index contributed by atoms with van der Waals surface area (Å²) in [5, 5.41) is 13.5. The maximum atomic E-state index is 13.5. The maximum Gasteiger partial charge on any atom is 0.266 e. The van der Waals surface area contributed by atoms with Gasteiger partial charge in [-0.2, -0.15) is 0 Å². The Balaban J connectivity index is 1.69. The van der Waals surface area contributed by atoms with E-state index >= 15 is 0 Å². The van der Waals surface area contributed by atoms with Crippen LogP contribution in [0.3, 0.4) is 0 Å². The van der Waals surface area contributed by atoms with Gasteiger partial charge < -0.3 is 19.9 Å². The molecule has 0 aliphatic rings. The Morgan fingerprint density at radius 1 is 1.06 bits per heavy atom.